The largest absolute Gasteiger partial charge is 0.446 e. The summed E-state index contributed by atoms with van der Waals surface area (Å²) in [6, 6.07) is 2.89. The van der Waals surface area contributed by atoms with Crippen molar-refractivity contribution < 1.29 is 17.9 Å². The van der Waals surface area contributed by atoms with Crippen LogP contribution in [0.2, 0.25) is 0 Å². The molecule has 7 heteroatoms. The quantitative estimate of drug-likeness (QED) is 0.889. The summed E-state index contributed by atoms with van der Waals surface area (Å²) in [6.45, 7) is 0.762. The fraction of sp³-hybridized carbons (Fsp3) is 0.600. The summed E-state index contributed by atoms with van der Waals surface area (Å²) in [5, 5.41) is 8.79. The molecule has 0 aliphatic carbocycles. The summed E-state index contributed by atoms with van der Waals surface area (Å²) in [4.78, 5) is 0. The molecule has 0 unspecified atom stereocenters. The minimum atomic E-state index is -3.53. The molecule has 0 spiro atoms. The lowest BCUT2D eigenvalue weighted by Gasteiger charge is -2.17. The van der Waals surface area contributed by atoms with Crippen LogP contribution in [-0.4, -0.2) is 42.4 Å². The molecule has 0 saturated carbocycles. The van der Waals surface area contributed by atoms with Gasteiger partial charge in [-0.05, 0) is 24.3 Å². The number of rotatable bonds is 3. The van der Waals surface area contributed by atoms with E-state index in [1.807, 2.05) is 0 Å². The summed E-state index contributed by atoms with van der Waals surface area (Å²) < 4.78 is 31.0. The van der Waals surface area contributed by atoms with E-state index in [1.165, 1.54) is 16.4 Å². The predicted molar refractivity (Wildman–Crippen MR) is 65.3 cm³/mol. The van der Waals surface area contributed by atoms with Crippen molar-refractivity contribution in [1.29, 1.82) is 0 Å². The molecular formula is C10H15NO4S2. The number of hydrogen-bond acceptors (Lipinski definition) is 5. The van der Waals surface area contributed by atoms with Crippen molar-refractivity contribution in [3.63, 3.8) is 0 Å². The number of aliphatic hydroxyl groups is 1. The lowest BCUT2D eigenvalue weighted by Crippen LogP contribution is -2.32. The van der Waals surface area contributed by atoms with Gasteiger partial charge in [0.05, 0.1) is 0 Å². The second kappa shape index (κ2) is 5.43. The Morgan fingerprint density at radius 1 is 1.35 bits per heavy atom. The molecule has 1 aromatic heterocycles. The molecule has 0 bridgehead atoms. The van der Waals surface area contributed by atoms with Crippen LogP contribution in [0.1, 0.15) is 12.2 Å². The Hall–Kier alpha value is -0.500. The molecule has 1 N–H and O–H groups in total. The van der Waals surface area contributed by atoms with E-state index < -0.39 is 10.0 Å². The molecule has 0 amide bonds. The lowest BCUT2D eigenvalue weighted by molar-refractivity contribution is 0.235. The number of furan rings is 1. The van der Waals surface area contributed by atoms with E-state index in [1.54, 1.807) is 11.8 Å². The molecule has 1 saturated heterocycles. The zero-order valence-electron chi connectivity index (χ0n) is 9.33. The van der Waals surface area contributed by atoms with Crippen molar-refractivity contribution in [3.05, 3.63) is 17.9 Å². The van der Waals surface area contributed by atoms with Gasteiger partial charge in [-0.25, -0.2) is 8.42 Å². The van der Waals surface area contributed by atoms with Crippen LogP contribution in [-0.2, 0) is 16.6 Å². The van der Waals surface area contributed by atoms with E-state index in [2.05, 4.69) is 0 Å². The molecule has 96 valence electrons. The van der Waals surface area contributed by atoms with Crippen LogP contribution in [0.15, 0.2) is 21.6 Å². The van der Waals surface area contributed by atoms with Gasteiger partial charge in [0.15, 0.2) is 0 Å². The second-order valence-electron chi connectivity index (χ2n) is 3.75. The molecule has 2 rings (SSSR count). The van der Waals surface area contributed by atoms with Crippen LogP contribution in [0.25, 0.3) is 0 Å². The summed E-state index contributed by atoms with van der Waals surface area (Å²) in [5.74, 6) is 2.08. The van der Waals surface area contributed by atoms with Gasteiger partial charge in [0, 0.05) is 18.8 Å². The molecule has 1 aromatic rings. The Labute approximate surface area is 105 Å². The van der Waals surface area contributed by atoms with Gasteiger partial charge in [-0.15, -0.1) is 0 Å². The molecule has 0 radical (unpaired) electrons. The van der Waals surface area contributed by atoms with Gasteiger partial charge in [-0.2, -0.15) is 16.1 Å². The molecule has 0 atom stereocenters. The third-order valence-corrected chi connectivity index (χ3v) is 5.39. The molecule has 1 fully saturated rings. The molecular weight excluding hydrogens is 262 g/mol. The van der Waals surface area contributed by atoms with Crippen LogP contribution in [0.3, 0.4) is 0 Å². The second-order valence-corrected chi connectivity index (χ2v) is 6.84. The Morgan fingerprint density at radius 3 is 2.88 bits per heavy atom. The van der Waals surface area contributed by atoms with E-state index >= 15 is 0 Å². The maximum atomic E-state index is 12.2. The maximum absolute atomic E-state index is 12.2. The highest BCUT2D eigenvalue weighted by Gasteiger charge is 2.28. The van der Waals surface area contributed by atoms with E-state index in [4.69, 9.17) is 9.52 Å². The standard InChI is InChI=1S/C10H15NO4S2/c12-8-9-2-3-10(15-9)17(13,14)11-4-1-6-16-7-5-11/h2-3,12H,1,4-8H2. The van der Waals surface area contributed by atoms with E-state index in [0.29, 0.717) is 13.1 Å². The first-order valence-corrected chi connectivity index (χ1v) is 8.01. The highest BCUT2D eigenvalue weighted by molar-refractivity contribution is 7.99. The Bertz CT molecular complexity index is 460. The summed E-state index contributed by atoms with van der Waals surface area (Å²) >= 11 is 1.76. The van der Waals surface area contributed by atoms with Gasteiger partial charge in [-0.3, -0.25) is 0 Å². The Balaban J connectivity index is 2.22. The van der Waals surface area contributed by atoms with Crippen LogP contribution in [0.5, 0.6) is 0 Å². The first-order valence-electron chi connectivity index (χ1n) is 5.42. The van der Waals surface area contributed by atoms with Gasteiger partial charge in [0.25, 0.3) is 10.0 Å². The number of hydrogen-bond donors (Lipinski definition) is 1. The van der Waals surface area contributed by atoms with Crippen molar-refractivity contribution in [2.45, 2.75) is 18.1 Å². The van der Waals surface area contributed by atoms with Crippen LogP contribution >= 0.6 is 11.8 Å². The smallest absolute Gasteiger partial charge is 0.276 e. The zero-order valence-corrected chi connectivity index (χ0v) is 11.0. The van der Waals surface area contributed by atoms with E-state index in [0.717, 1.165) is 17.9 Å². The number of sulfonamides is 1. The fourth-order valence-corrected chi connectivity index (χ4v) is 4.08. The molecule has 1 aliphatic heterocycles. The first kappa shape index (κ1) is 12.9. The average molecular weight is 277 g/mol. The van der Waals surface area contributed by atoms with Gasteiger partial charge >= 0.3 is 0 Å². The Morgan fingerprint density at radius 2 is 2.18 bits per heavy atom. The van der Waals surface area contributed by atoms with Crippen LogP contribution in [0.4, 0.5) is 0 Å². The van der Waals surface area contributed by atoms with Crippen molar-refractivity contribution in [2.24, 2.45) is 0 Å². The van der Waals surface area contributed by atoms with Gasteiger partial charge in [0.2, 0.25) is 5.09 Å². The highest BCUT2D eigenvalue weighted by Crippen LogP contribution is 2.21. The molecule has 17 heavy (non-hydrogen) atoms. The highest BCUT2D eigenvalue weighted by atomic mass is 32.2. The predicted octanol–water partition coefficient (Wildman–Crippen LogP) is 0.899. The normalized spacial score (nSPS) is 19.1. The van der Waals surface area contributed by atoms with Gasteiger partial charge in [-0.1, -0.05) is 0 Å². The van der Waals surface area contributed by atoms with Crippen molar-refractivity contribution in [1.82, 2.24) is 4.31 Å². The monoisotopic (exact) mass is 277 g/mol. The minimum absolute atomic E-state index is 0.0755. The third-order valence-electron chi connectivity index (χ3n) is 2.57. The summed E-state index contributed by atoms with van der Waals surface area (Å²) in [7, 11) is -3.53. The third kappa shape index (κ3) is 2.85. The number of thioether (sulfide) groups is 1. The van der Waals surface area contributed by atoms with Crippen molar-refractivity contribution in [2.75, 3.05) is 24.6 Å². The van der Waals surface area contributed by atoms with Crippen molar-refractivity contribution in [3.8, 4) is 0 Å². The minimum Gasteiger partial charge on any atom is -0.446 e. The molecule has 5 nitrogen and oxygen atoms in total. The van der Waals surface area contributed by atoms with Gasteiger partial charge < -0.3 is 9.52 Å². The zero-order chi connectivity index (χ0) is 12.3. The fourth-order valence-electron chi connectivity index (χ4n) is 1.67. The van der Waals surface area contributed by atoms with E-state index in [9.17, 15) is 8.42 Å². The Kier molecular flexibility index (Phi) is 4.13. The van der Waals surface area contributed by atoms with E-state index in [-0.39, 0.29) is 17.5 Å². The first-order chi connectivity index (χ1) is 8.14. The summed E-state index contributed by atoms with van der Waals surface area (Å²) in [6.07, 6.45) is 0.859. The van der Waals surface area contributed by atoms with Crippen molar-refractivity contribution >= 4 is 21.8 Å². The van der Waals surface area contributed by atoms with Gasteiger partial charge in [0.1, 0.15) is 12.4 Å². The molecule has 0 aromatic carbocycles. The maximum Gasteiger partial charge on any atom is 0.276 e. The lowest BCUT2D eigenvalue weighted by atomic mass is 10.5. The average Bonchev–Trinajstić information content (AvgIpc) is 2.64. The number of nitrogens with zero attached hydrogens (tertiary/aromatic N) is 1. The number of aliphatic hydroxyl groups excluding tert-OH is 1. The summed E-state index contributed by atoms with van der Waals surface area (Å²) in [5.41, 5.74) is 0. The van der Waals surface area contributed by atoms with Crippen LogP contribution in [0, 0.1) is 0 Å². The topological polar surface area (TPSA) is 70.8 Å². The van der Waals surface area contributed by atoms with Crippen LogP contribution < -0.4 is 0 Å². The molecule has 1 aliphatic rings. The molecule has 2 heterocycles. The SMILES string of the molecule is O=S(=O)(c1ccc(CO)o1)N1CCCSCC1.